The molecule has 5 bridgehead atoms. The molecule has 5 rings (SSSR count). The fourth-order valence-corrected chi connectivity index (χ4v) is 9.39. The van der Waals surface area contributed by atoms with Crippen molar-refractivity contribution in [2.75, 3.05) is 25.5 Å². The van der Waals surface area contributed by atoms with Crippen molar-refractivity contribution < 1.29 is 58.9 Å². The molecule has 0 saturated heterocycles. The van der Waals surface area contributed by atoms with Crippen LogP contribution in [0.1, 0.15) is 161 Å². The summed E-state index contributed by atoms with van der Waals surface area (Å²) in [6.07, 6.45) is 18.0. The van der Waals surface area contributed by atoms with Crippen molar-refractivity contribution in [2.24, 2.45) is 28.8 Å². The number of benzene rings is 2. The number of aliphatic hydroxyl groups is 2. The zero-order chi connectivity index (χ0) is 51.2. The van der Waals surface area contributed by atoms with Crippen LogP contribution in [0.25, 0.3) is 10.8 Å². The molecule has 0 saturated carbocycles. The molecule has 3 aliphatic rings. The Morgan fingerprint density at radius 3 is 2.00 bits per heavy atom. The standard InChI is InChI=1S/C54H81N3O12/c1-12-14-16-18-20-22-28-57(29-23-21-19-17-15-13-2)55-31-39-44-49(63)42-41(48(39)62)43-51(37(8)47(42)61)69-54(10,52(43)64)67-30-27-40(66-11)34(5)50(68-38(9)58)36(7)46(60)35(6)45(59)32(3)25-24-26-33(4)53(65)56-44/h24-27,30-32,34-36,40,45-46,50,59-63H,12-23,28-29H2,1-11H3,(H,56,65)/b25-24+,30-27+,33-26-,55-31+/t32-,34+,35+,36+,40-,45-,46+,50+,54-/m0/s1. The van der Waals surface area contributed by atoms with Crippen LogP contribution in [-0.2, 0) is 23.8 Å². The number of aliphatic hydroxyl groups excluding tert-OH is 2. The van der Waals surface area contributed by atoms with E-state index in [1.54, 1.807) is 46.8 Å². The fraction of sp³-hybridized carbons (Fsp3) is 0.630. The van der Waals surface area contributed by atoms with E-state index in [2.05, 4.69) is 19.2 Å². The lowest BCUT2D eigenvalue weighted by atomic mass is 9.78. The third-order valence-corrected chi connectivity index (χ3v) is 13.9. The van der Waals surface area contributed by atoms with Crippen LogP contribution in [0.5, 0.6) is 23.0 Å². The molecule has 0 aromatic heterocycles. The van der Waals surface area contributed by atoms with Crippen LogP contribution in [0.2, 0.25) is 0 Å². The smallest absolute Gasteiger partial charge is 0.312 e. The molecule has 1 amide bonds. The quantitative estimate of drug-likeness (QED) is 0.0205. The number of anilines is 1. The first-order valence-corrected chi connectivity index (χ1v) is 25.1. The second kappa shape index (κ2) is 26.2. The lowest BCUT2D eigenvalue weighted by molar-refractivity contribution is -0.160. The molecule has 0 unspecified atom stereocenters. The van der Waals surface area contributed by atoms with Crippen molar-refractivity contribution in [1.29, 1.82) is 0 Å². The van der Waals surface area contributed by atoms with E-state index < -0.39 is 88.8 Å². The highest BCUT2D eigenvalue weighted by atomic mass is 16.7. The summed E-state index contributed by atoms with van der Waals surface area (Å²) < 4.78 is 23.9. The Bertz CT molecular complexity index is 2190. The molecule has 3 heterocycles. The minimum absolute atomic E-state index is 0.0667. The van der Waals surface area contributed by atoms with Crippen molar-refractivity contribution in [3.05, 3.63) is 52.8 Å². The fourth-order valence-electron chi connectivity index (χ4n) is 9.39. The van der Waals surface area contributed by atoms with Gasteiger partial charge in [-0.15, -0.1) is 0 Å². The maximum absolute atomic E-state index is 14.7. The van der Waals surface area contributed by atoms with Gasteiger partial charge in [0.2, 0.25) is 0 Å². The van der Waals surface area contributed by atoms with Gasteiger partial charge in [-0.25, -0.2) is 0 Å². The molecule has 15 heteroatoms. The molecule has 0 fully saturated rings. The highest BCUT2D eigenvalue weighted by Crippen LogP contribution is 2.55. The van der Waals surface area contributed by atoms with Crippen LogP contribution in [0.3, 0.4) is 0 Å². The van der Waals surface area contributed by atoms with Crippen molar-refractivity contribution in [1.82, 2.24) is 5.01 Å². The van der Waals surface area contributed by atoms with Crippen LogP contribution < -0.4 is 10.1 Å². The van der Waals surface area contributed by atoms with E-state index in [-0.39, 0.29) is 44.5 Å². The van der Waals surface area contributed by atoms with Gasteiger partial charge in [0, 0.05) is 74.2 Å². The van der Waals surface area contributed by atoms with Crippen molar-refractivity contribution >= 4 is 40.3 Å². The predicted octanol–water partition coefficient (Wildman–Crippen LogP) is 10.1. The average molecular weight is 964 g/mol. The lowest BCUT2D eigenvalue weighted by Crippen LogP contribution is -2.46. The van der Waals surface area contributed by atoms with Gasteiger partial charge in [0.1, 0.15) is 23.4 Å². The van der Waals surface area contributed by atoms with Crippen molar-refractivity contribution in [2.45, 2.75) is 176 Å². The molecule has 15 nitrogen and oxygen atoms in total. The van der Waals surface area contributed by atoms with Gasteiger partial charge in [0.25, 0.3) is 11.7 Å². The van der Waals surface area contributed by atoms with E-state index in [4.69, 9.17) is 24.0 Å². The number of hydrazone groups is 1. The summed E-state index contributed by atoms with van der Waals surface area (Å²) in [5, 5.41) is 68.5. The van der Waals surface area contributed by atoms with E-state index >= 15 is 0 Å². The molecular weight excluding hydrogens is 883 g/mol. The third-order valence-electron chi connectivity index (χ3n) is 13.9. The Labute approximate surface area is 409 Å². The first-order valence-electron chi connectivity index (χ1n) is 25.1. The van der Waals surface area contributed by atoms with Crippen LogP contribution in [-0.4, -0.2) is 105 Å². The Morgan fingerprint density at radius 1 is 0.826 bits per heavy atom. The number of aromatic hydroxyl groups is 3. The predicted molar refractivity (Wildman–Crippen MR) is 270 cm³/mol. The SMILES string of the molecule is CCCCCCCCN(CCCCCCCC)/N=C/c1c2c(O)c3c(O)c(C)c4c(c3c1O)C(=O)[C@@](C)(O/C=C/[C@H](OC)[C@@H](C)[C@@H](OC(C)=O)[C@H](C)[C@H](O)[C@H](C)[C@@H](O)[C@@H](C)/C=C/C=C(/C)C(=O)N2)O4. The summed E-state index contributed by atoms with van der Waals surface area (Å²) >= 11 is 0. The number of nitrogens with one attached hydrogen (secondary N) is 1. The monoisotopic (exact) mass is 964 g/mol. The van der Waals surface area contributed by atoms with Crippen LogP contribution in [0, 0.1) is 30.6 Å². The number of phenols is 3. The molecule has 0 radical (unpaired) electrons. The highest BCUT2D eigenvalue weighted by Gasteiger charge is 2.50. The molecule has 0 aliphatic carbocycles. The molecule has 3 aliphatic heterocycles. The number of fused-ring (bicyclic) bond motifs is 14. The van der Waals surface area contributed by atoms with E-state index in [0.29, 0.717) is 13.1 Å². The number of esters is 1. The van der Waals surface area contributed by atoms with Gasteiger partial charge in [-0.1, -0.05) is 124 Å². The number of ether oxygens (including phenoxy) is 4. The number of nitrogens with zero attached hydrogens (tertiary/aromatic N) is 2. The summed E-state index contributed by atoms with van der Waals surface area (Å²) in [6.45, 7) is 18.3. The third kappa shape index (κ3) is 13.8. The summed E-state index contributed by atoms with van der Waals surface area (Å²) in [7, 11) is 1.45. The number of methoxy groups -OCH3 is 1. The van der Waals surface area contributed by atoms with Gasteiger partial charge in [-0.2, -0.15) is 5.10 Å². The summed E-state index contributed by atoms with van der Waals surface area (Å²) in [5.41, 5.74) is -0.259. The number of phenolic OH excluding ortho intramolecular Hbond substituents is 3. The zero-order valence-electron chi connectivity index (χ0n) is 43.0. The molecule has 2 aromatic carbocycles. The molecule has 384 valence electrons. The van der Waals surface area contributed by atoms with E-state index in [9.17, 15) is 39.9 Å². The average Bonchev–Trinajstić information content (AvgIpc) is 3.58. The van der Waals surface area contributed by atoms with Gasteiger partial charge < -0.3 is 49.8 Å². The Kier molecular flexibility index (Phi) is 21.4. The number of ketones is 1. The minimum atomic E-state index is -2.05. The Morgan fingerprint density at radius 2 is 1.42 bits per heavy atom. The van der Waals surface area contributed by atoms with E-state index in [1.807, 2.05) is 5.01 Å². The number of rotatable bonds is 18. The van der Waals surface area contributed by atoms with Gasteiger partial charge in [-0.05, 0) is 32.8 Å². The number of carbonyl (C=O) groups excluding carboxylic acids is 3. The number of Topliss-reactive ketones (excluding diaryl/α,β-unsaturated/α-hetero) is 1. The van der Waals surface area contributed by atoms with E-state index in [0.717, 1.165) is 64.2 Å². The molecule has 69 heavy (non-hydrogen) atoms. The van der Waals surface area contributed by atoms with Gasteiger partial charge >= 0.3 is 11.8 Å². The van der Waals surface area contributed by atoms with Crippen molar-refractivity contribution in [3.63, 3.8) is 0 Å². The molecule has 2 aromatic rings. The topological polar surface area (TPSA) is 217 Å². The second-order valence-electron chi connectivity index (χ2n) is 19.4. The number of amides is 1. The van der Waals surface area contributed by atoms with Crippen LogP contribution in [0.15, 0.2) is 41.2 Å². The summed E-state index contributed by atoms with van der Waals surface area (Å²) in [6, 6.07) is 0. The first kappa shape index (κ1) is 56.5. The number of carbonyl (C=O) groups is 3. The zero-order valence-corrected chi connectivity index (χ0v) is 43.0. The van der Waals surface area contributed by atoms with Crippen LogP contribution >= 0.6 is 0 Å². The minimum Gasteiger partial charge on any atom is -0.507 e. The highest BCUT2D eigenvalue weighted by molar-refractivity contribution is 6.23. The van der Waals surface area contributed by atoms with Gasteiger partial charge in [-0.3, -0.25) is 19.4 Å². The van der Waals surface area contributed by atoms with E-state index in [1.165, 1.54) is 65.4 Å². The number of unbranched alkanes of at least 4 members (excludes halogenated alkanes) is 10. The number of allylic oxidation sites excluding steroid dienone is 2. The Hall–Kier alpha value is -5.12. The molecular formula is C54H81N3O12. The van der Waals surface area contributed by atoms with Gasteiger partial charge in [0.15, 0.2) is 5.75 Å². The maximum atomic E-state index is 14.7. The lowest BCUT2D eigenvalue weighted by Gasteiger charge is -2.38. The summed E-state index contributed by atoms with van der Waals surface area (Å²) in [4.78, 5) is 41.2. The number of hydrogen-bond donors (Lipinski definition) is 6. The maximum Gasteiger partial charge on any atom is 0.312 e. The molecule has 6 N–H and O–H groups in total. The molecule has 0 spiro atoms. The number of hydrogen-bond acceptors (Lipinski definition) is 14. The molecule has 9 atom stereocenters. The largest absolute Gasteiger partial charge is 0.507 e. The second-order valence-corrected chi connectivity index (χ2v) is 19.4. The first-order chi connectivity index (χ1) is 32.8. The normalized spacial score (nSPS) is 27.5. The van der Waals surface area contributed by atoms with Crippen LogP contribution in [0.4, 0.5) is 5.69 Å². The summed E-state index contributed by atoms with van der Waals surface area (Å²) in [5.74, 6) is -8.26. The van der Waals surface area contributed by atoms with Gasteiger partial charge in [0.05, 0.1) is 53.0 Å². The van der Waals surface area contributed by atoms with Crippen molar-refractivity contribution in [3.8, 4) is 23.0 Å². The Balaban J connectivity index is 1.93.